The maximum atomic E-state index is 12.6. The minimum atomic E-state index is -0.0330. The van der Waals surface area contributed by atoms with E-state index in [0.29, 0.717) is 5.56 Å². The molecule has 3 aromatic rings. The molecule has 4 rings (SSSR count). The van der Waals surface area contributed by atoms with Crippen molar-refractivity contribution in [3.05, 3.63) is 102 Å². The largest absolute Gasteiger partial charge is 0.369 e. The fraction of sp³-hybridized carbons (Fsp3) is 0.269. The van der Waals surface area contributed by atoms with Gasteiger partial charge < -0.3 is 10.2 Å². The zero-order valence-electron chi connectivity index (χ0n) is 17.5. The average molecular weight is 400 g/mol. The lowest BCUT2D eigenvalue weighted by atomic mass is 10.1. The van der Waals surface area contributed by atoms with Crippen LogP contribution in [-0.4, -0.2) is 37.0 Å². The Morgan fingerprint density at radius 2 is 1.43 bits per heavy atom. The van der Waals surface area contributed by atoms with Crippen molar-refractivity contribution in [2.75, 3.05) is 31.1 Å². The van der Waals surface area contributed by atoms with E-state index in [1.54, 1.807) is 0 Å². The second-order valence-electron chi connectivity index (χ2n) is 7.90. The normalized spacial score (nSPS) is 15.6. The standard InChI is InChI=1S/C26H29N3O/c1-21(23-8-4-2-5-9-23)27-26(30)24-14-12-22(13-15-24)20-28-16-18-29(19-17-28)25-10-6-3-7-11-25/h2-15,21H,16-20H2,1H3,(H,27,30)/t21-/m1/s1. The van der Waals surface area contributed by atoms with Gasteiger partial charge in [-0.15, -0.1) is 0 Å². The van der Waals surface area contributed by atoms with Crippen LogP contribution in [0.25, 0.3) is 0 Å². The minimum absolute atomic E-state index is 0.0145. The monoisotopic (exact) mass is 399 g/mol. The first-order chi connectivity index (χ1) is 14.7. The second kappa shape index (κ2) is 9.59. The Kier molecular flexibility index (Phi) is 6.45. The summed E-state index contributed by atoms with van der Waals surface area (Å²) < 4.78 is 0. The number of benzene rings is 3. The van der Waals surface area contributed by atoms with Crippen LogP contribution in [0.1, 0.15) is 34.5 Å². The highest BCUT2D eigenvalue weighted by molar-refractivity contribution is 5.94. The summed E-state index contributed by atoms with van der Waals surface area (Å²) in [5.74, 6) is -0.0330. The minimum Gasteiger partial charge on any atom is -0.369 e. The van der Waals surface area contributed by atoms with Crippen LogP contribution in [0, 0.1) is 0 Å². The van der Waals surface area contributed by atoms with Crippen LogP contribution in [-0.2, 0) is 6.54 Å². The topological polar surface area (TPSA) is 35.6 Å². The summed E-state index contributed by atoms with van der Waals surface area (Å²) in [6.07, 6.45) is 0. The van der Waals surface area contributed by atoms with Gasteiger partial charge in [0.1, 0.15) is 0 Å². The number of hydrogen-bond acceptors (Lipinski definition) is 3. The highest BCUT2D eigenvalue weighted by Gasteiger charge is 2.17. The van der Waals surface area contributed by atoms with Crippen LogP contribution in [0.3, 0.4) is 0 Å². The molecule has 1 heterocycles. The summed E-state index contributed by atoms with van der Waals surface area (Å²) in [6, 6.07) is 28.7. The average Bonchev–Trinajstić information content (AvgIpc) is 2.81. The van der Waals surface area contributed by atoms with Crippen LogP contribution >= 0.6 is 0 Å². The fourth-order valence-electron chi connectivity index (χ4n) is 3.93. The summed E-state index contributed by atoms with van der Waals surface area (Å²) in [5.41, 5.74) is 4.36. The lowest BCUT2D eigenvalue weighted by Gasteiger charge is -2.36. The van der Waals surface area contributed by atoms with Crippen molar-refractivity contribution < 1.29 is 4.79 Å². The van der Waals surface area contributed by atoms with Gasteiger partial charge in [0.25, 0.3) is 5.91 Å². The Labute approximate surface area is 179 Å². The van der Waals surface area contributed by atoms with Gasteiger partial charge in [0.2, 0.25) is 0 Å². The first-order valence-corrected chi connectivity index (χ1v) is 10.7. The molecule has 0 bridgehead atoms. The fourth-order valence-corrected chi connectivity index (χ4v) is 3.93. The molecule has 4 heteroatoms. The maximum Gasteiger partial charge on any atom is 0.251 e. The number of anilines is 1. The van der Waals surface area contributed by atoms with E-state index < -0.39 is 0 Å². The highest BCUT2D eigenvalue weighted by atomic mass is 16.1. The number of nitrogens with one attached hydrogen (secondary N) is 1. The van der Waals surface area contributed by atoms with Gasteiger partial charge in [-0.2, -0.15) is 0 Å². The van der Waals surface area contributed by atoms with E-state index in [9.17, 15) is 4.79 Å². The number of carbonyl (C=O) groups excluding carboxylic acids is 1. The number of amides is 1. The van der Waals surface area contributed by atoms with Crippen molar-refractivity contribution in [2.24, 2.45) is 0 Å². The lowest BCUT2D eigenvalue weighted by Crippen LogP contribution is -2.45. The molecule has 1 amide bonds. The molecular weight excluding hydrogens is 370 g/mol. The van der Waals surface area contributed by atoms with E-state index in [1.165, 1.54) is 11.3 Å². The van der Waals surface area contributed by atoms with Crippen LogP contribution in [0.2, 0.25) is 0 Å². The predicted octanol–water partition coefficient (Wildman–Crippen LogP) is 4.50. The SMILES string of the molecule is C[C@@H](NC(=O)c1ccc(CN2CCN(c3ccccc3)CC2)cc1)c1ccccc1. The quantitative estimate of drug-likeness (QED) is 0.663. The zero-order valence-corrected chi connectivity index (χ0v) is 17.5. The Morgan fingerprint density at radius 3 is 2.07 bits per heavy atom. The molecule has 1 fully saturated rings. The van der Waals surface area contributed by atoms with Crippen molar-refractivity contribution in [1.29, 1.82) is 0 Å². The van der Waals surface area contributed by atoms with E-state index >= 15 is 0 Å². The molecule has 0 spiro atoms. The number of hydrogen-bond donors (Lipinski definition) is 1. The molecular formula is C26H29N3O. The van der Waals surface area contributed by atoms with Crippen molar-refractivity contribution in [3.8, 4) is 0 Å². The molecule has 30 heavy (non-hydrogen) atoms. The van der Waals surface area contributed by atoms with Gasteiger partial charge in [0, 0.05) is 44.0 Å². The molecule has 1 N–H and O–H groups in total. The van der Waals surface area contributed by atoms with Crippen molar-refractivity contribution in [2.45, 2.75) is 19.5 Å². The molecule has 1 aliphatic rings. The van der Waals surface area contributed by atoms with Gasteiger partial charge in [-0.25, -0.2) is 0 Å². The van der Waals surface area contributed by atoms with Crippen LogP contribution in [0.5, 0.6) is 0 Å². The number of nitrogens with zero attached hydrogens (tertiary/aromatic N) is 2. The number of piperazine rings is 1. The third kappa shape index (κ3) is 5.08. The molecule has 1 saturated heterocycles. The summed E-state index contributed by atoms with van der Waals surface area (Å²) in [6.45, 7) is 7.11. The Morgan fingerprint density at radius 1 is 0.833 bits per heavy atom. The zero-order chi connectivity index (χ0) is 20.8. The number of para-hydroxylation sites is 1. The molecule has 1 aliphatic heterocycles. The molecule has 4 nitrogen and oxygen atoms in total. The van der Waals surface area contributed by atoms with E-state index in [2.05, 4.69) is 57.6 Å². The molecule has 0 aromatic heterocycles. The van der Waals surface area contributed by atoms with Gasteiger partial charge in [-0.3, -0.25) is 9.69 Å². The molecule has 0 unspecified atom stereocenters. The third-order valence-corrected chi connectivity index (χ3v) is 5.76. The summed E-state index contributed by atoms with van der Waals surface area (Å²) in [7, 11) is 0. The predicted molar refractivity (Wildman–Crippen MR) is 123 cm³/mol. The van der Waals surface area contributed by atoms with Crippen LogP contribution in [0.15, 0.2) is 84.9 Å². The first kappa shape index (κ1) is 20.2. The van der Waals surface area contributed by atoms with Crippen LogP contribution < -0.4 is 10.2 Å². The van der Waals surface area contributed by atoms with Crippen molar-refractivity contribution in [1.82, 2.24) is 10.2 Å². The van der Waals surface area contributed by atoms with E-state index in [0.717, 1.165) is 38.3 Å². The molecule has 0 radical (unpaired) electrons. The first-order valence-electron chi connectivity index (χ1n) is 10.7. The summed E-state index contributed by atoms with van der Waals surface area (Å²) in [5, 5.41) is 3.08. The smallest absolute Gasteiger partial charge is 0.251 e. The van der Waals surface area contributed by atoms with E-state index in [-0.39, 0.29) is 11.9 Å². The van der Waals surface area contributed by atoms with Crippen molar-refractivity contribution in [3.63, 3.8) is 0 Å². The molecule has 1 atom stereocenters. The van der Waals surface area contributed by atoms with Gasteiger partial charge in [-0.1, -0.05) is 60.7 Å². The lowest BCUT2D eigenvalue weighted by molar-refractivity contribution is 0.0940. The van der Waals surface area contributed by atoms with Gasteiger partial charge in [-0.05, 0) is 42.3 Å². The van der Waals surface area contributed by atoms with Crippen LogP contribution in [0.4, 0.5) is 5.69 Å². The van der Waals surface area contributed by atoms with E-state index in [1.807, 2.05) is 49.4 Å². The number of carbonyl (C=O) groups is 1. The Hall–Kier alpha value is -3.11. The number of rotatable bonds is 6. The molecule has 3 aromatic carbocycles. The maximum absolute atomic E-state index is 12.6. The van der Waals surface area contributed by atoms with Crippen molar-refractivity contribution >= 4 is 11.6 Å². The summed E-state index contributed by atoms with van der Waals surface area (Å²) in [4.78, 5) is 17.5. The van der Waals surface area contributed by atoms with Gasteiger partial charge in [0.05, 0.1) is 6.04 Å². The second-order valence-corrected chi connectivity index (χ2v) is 7.90. The Balaban J connectivity index is 1.28. The van der Waals surface area contributed by atoms with Gasteiger partial charge in [0.15, 0.2) is 0 Å². The molecule has 0 aliphatic carbocycles. The van der Waals surface area contributed by atoms with Gasteiger partial charge >= 0.3 is 0 Å². The Bertz CT molecular complexity index is 933. The summed E-state index contributed by atoms with van der Waals surface area (Å²) >= 11 is 0. The highest BCUT2D eigenvalue weighted by Crippen LogP contribution is 2.17. The van der Waals surface area contributed by atoms with E-state index in [4.69, 9.17) is 0 Å². The third-order valence-electron chi connectivity index (χ3n) is 5.76. The molecule has 0 saturated carbocycles. The molecule has 154 valence electrons.